The van der Waals surface area contributed by atoms with Crippen LogP contribution < -0.4 is 0 Å². The van der Waals surface area contributed by atoms with Crippen LogP contribution in [0, 0.1) is 0 Å². The molecule has 0 aromatic carbocycles. The highest BCUT2D eigenvalue weighted by Gasteiger charge is 2.19. The molecule has 0 aromatic rings. The van der Waals surface area contributed by atoms with Crippen LogP contribution >= 0.6 is 0 Å². The van der Waals surface area contributed by atoms with E-state index in [1.807, 2.05) is 0 Å². The molecule has 0 fully saturated rings. The molecule has 0 amide bonds. The van der Waals surface area contributed by atoms with E-state index in [2.05, 4.69) is 130 Å². The Morgan fingerprint density at radius 2 is 0.635 bits per heavy atom. The zero-order valence-electron chi connectivity index (χ0n) is 40.5. The van der Waals surface area contributed by atoms with E-state index in [1.54, 1.807) is 0 Å². The number of esters is 3. The minimum Gasteiger partial charge on any atom is -0.462 e. The summed E-state index contributed by atoms with van der Waals surface area (Å²) in [7, 11) is 0. The summed E-state index contributed by atoms with van der Waals surface area (Å²) in [4.78, 5) is 37.9. The van der Waals surface area contributed by atoms with Gasteiger partial charge in [-0.05, 0) is 109 Å². The van der Waals surface area contributed by atoms with Gasteiger partial charge < -0.3 is 14.2 Å². The number of carbonyl (C=O) groups is 3. The molecule has 0 aliphatic carbocycles. The van der Waals surface area contributed by atoms with E-state index in [0.717, 1.165) is 83.5 Å². The standard InChI is InChI=1S/C57H92O6/c1-4-7-10-13-16-19-22-24-26-28-30-32-35-38-41-44-47-50-56(59)62-53-54(52-61-55(58)49-46-43-40-37-34-21-18-15-12-9-6-3)63-57(60)51-48-45-42-39-36-33-31-29-27-25-23-20-17-14-11-8-5-2/h7,9-10,12,16,18-19,21,24-27,30,32,37-38,40-41,54H,4-6,8,11,13-15,17,20,22-23,28-29,31,33-36,39,42-53H2,1-3H3/b10-7-,12-9-,19-16-,21-18-,26-24-,27-25-,32-30-,40-37-,41-38-. The lowest BCUT2D eigenvalue weighted by molar-refractivity contribution is -0.167. The van der Waals surface area contributed by atoms with Gasteiger partial charge in [0.15, 0.2) is 6.10 Å². The van der Waals surface area contributed by atoms with Gasteiger partial charge in [0.2, 0.25) is 0 Å². The first kappa shape index (κ1) is 59.1. The number of allylic oxidation sites excluding steroid dienone is 18. The van der Waals surface area contributed by atoms with Crippen molar-refractivity contribution < 1.29 is 28.6 Å². The third kappa shape index (κ3) is 49.0. The Balaban J connectivity index is 4.52. The molecule has 0 aliphatic heterocycles. The van der Waals surface area contributed by atoms with Gasteiger partial charge in [0.1, 0.15) is 13.2 Å². The van der Waals surface area contributed by atoms with Crippen LogP contribution in [-0.4, -0.2) is 37.2 Å². The van der Waals surface area contributed by atoms with Crippen molar-refractivity contribution in [2.75, 3.05) is 13.2 Å². The number of hydrogen-bond acceptors (Lipinski definition) is 6. The van der Waals surface area contributed by atoms with Crippen LogP contribution in [0.4, 0.5) is 0 Å². The van der Waals surface area contributed by atoms with Crippen molar-refractivity contribution in [3.63, 3.8) is 0 Å². The van der Waals surface area contributed by atoms with Crippen LogP contribution in [0.5, 0.6) is 0 Å². The summed E-state index contributed by atoms with van der Waals surface area (Å²) in [6.45, 7) is 6.28. The number of hydrogen-bond donors (Lipinski definition) is 0. The normalized spacial score (nSPS) is 13.0. The second-order valence-electron chi connectivity index (χ2n) is 16.3. The van der Waals surface area contributed by atoms with Crippen LogP contribution in [0.1, 0.15) is 213 Å². The fourth-order valence-corrected chi connectivity index (χ4v) is 6.49. The highest BCUT2D eigenvalue weighted by molar-refractivity contribution is 5.71. The molecule has 1 atom stereocenters. The van der Waals surface area contributed by atoms with Gasteiger partial charge in [-0.2, -0.15) is 0 Å². The predicted octanol–water partition coefficient (Wildman–Crippen LogP) is 16.8. The predicted molar refractivity (Wildman–Crippen MR) is 270 cm³/mol. The molecular weight excluding hydrogens is 781 g/mol. The lowest BCUT2D eigenvalue weighted by Gasteiger charge is -2.18. The molecular formula is C57H92O6. The Morgan fingerprint density at radius 1 is 0.333 bits per heavy atom. The van der Waals surface area contributed by atoms with Crippen LogP contribution in [0.25, 0.3) is 0 Å². The average molecular weight is 873 g/mol. The van der Waals surface area contributed by atoms with Crippen LogP contribution in [0.2, 0.25) is 0 Å². The van der Waals surface area contributed by atoms with Crippen molar-refractivity contribution >= 4 is 17.9 Å². The second kappa shape index (κ2) is 50.7. The Hall–Kier alpha value is -3.93. The minimum absolute atomic E-state index is 0.126. The third-order valence-corrected chi connectivity index (χ3v) is 10.2. The van der Waals surface area contributed by atoms with E-state index in [9.17, 15) is 14.4 Å². The van der Waals surface area contributed by atoms with Crippen molar-refractivity contribution in [1.82, 2.24) is 0 Å². The highest BCUT2D eigenvalue weighted by atomic mass is 16.6. The van der Waals surface area contributed by atoms with Crippen molar-refractivity contribution in [3.05, 3.63) is 109 Å². The third-order valence-electron chi connectivity index (χ3n) is 10.2. The summed E-state index contributed by atoms with van der Waals surface area (Å²) < 4.78 is 16.7. The summed E-state index contributed by atoms with van der Waals surface area (Å²) in [6, 6.07) is 0. The Bertz CT molecular complexity index is 1330. The van der Waals surface area contributed by atoms with Gasteiger partial charge in [-0.25, -0.2) is 0 Å². The molecule has 6 nitrogen and oxygen atoms in total. The monoisotopic (exact) mass is 873 g/mol. The summed E-state index contributed by atoms with van der Waals surface area (Å²) in [5.74, 6) is -1.04. The van der Waals surface area contributed by atoms with Gasteiger partial charge in [0.05, 0.1) is 0 Å². The lowest BCUT2D eigenvalue weighted by Crippen LogP contribution is -2.30. The molecule has 63 heavy (non-hydrogen) atoms. The molecule has 1 unspecified atom stereocenters. The van der Waals surface area contributed by atoms with E-state index < -0.39 is 6.10 Å². The maximum absolute atomic E-state index is 12.8. The van der Waals surface area contributed by atoms with E-state index in [4.69, 9.17) is 14.2 Å². The van der Waals surface area contributed by atoms with Crippen molar-refractivity contribution in [2.24, 2.45) is 0 Å². The molecule has 0 heterocycles. The first-order valence-electron chi connectivity index (χ1n) is 25.4. The molecule has 0 saturated carbocycles. The molecule has 0 spiro atoms. The first-order chi connectivity index (χ1) is 31.0. The van der Waals surface area contributed by atoms with E-state index in [-0.39, 0.29) is 44.0 Å². The van der Waals surface area contributed by atoms with Crippen LogP contribution in [-0.2, 0) is 28.6 Å². The molecule has 356 valence electrons. The topological polar surface area (TPSA) is 78.9 Å². The fourth-order valence-electron chi connectivity index (χ4n) is 6.49. The zero-order chi connectivity index (χ0) is 45.8. The van der Waals surface area contributed by atoms with Gasteiger partial charge in [0.25, 0.3) is 0 Å². The number of ether oxygens (including phenoxy) is 3. The van der Waals surface area contributed by atoms with Crippen molar-refractivity contribution in [2.45, 2.75) is 219 Å². The fraction of sp³-hybridized carbons (Fsp3) is 0.632. The maximum Gasteiger partial charge on any atom is 0.306 e. The second-order valence-corrected chi connectivity index (χ2v) is 16.3. The first-order valence-corrected chi connectivity index (χ1v) is 25.4. The van der Waals surface area contributed by atoms with E-state index in [1.165, 1.54) is 77.0 Å². The SMILES string of the molecule is CC/C=C\C/C=C\C/C=C\C/C=C\C/C=C\CCCC(=O)OCC(COC(=O)CCC/C=C\C/C=C\C/C=C\CC)OC(=O)CCCCCCCCC/C=C\CCCCCCCC. The minimum atomic E-state index is -0.824. The number of unbranched alkanes of at least 4 members (excludes halogenated alkanes) is 15. The molecule has 0 aromatic heterocycles. The smallest absolute Gasteiger partial charge is 0.306 e. The quantitative estimate of drug-likeness (QED) is 0.0263. The van der Waals surface area contributed by atoms with Crippen LogP contribution in [0.3, 0.4) is 0 Å². The number of rotatable bonds is 44. The largest absolute Gasteiger partial charge is 0.462 e. The molecule has 0 N–H and O–H groups in total. The molecule has 0 bridgehead atoms. The highest BCUT2D eigenvalue weighted by Crippen LogP contribution is 2.13. The summed E-state index contributed by atoms with van der Waals surface area (Å²) in [6.07, 6.45) is 68.0. The van der Waals surface area contributed by atoms with Crippen molar-refractivity contribution in [1.29, 1.82) is 0 Å². The number of carbonyl (C=O) groups excluding carboxylic acids is 3. The lowest BCUT2D eigenvalue weighted by atomic mass is 10.1. The Kier molecular flexibility index (Phi) is 47.5. The van der Waals surface area contributed by atoms with Gasteiger partial charge in [-0.15, -0.1) is 0 Å². The summed E-state index contributed by atoms with van der Waals surface area (Å²) in [5.41, 5.74) is 0. The molecule has 0 radical (unpaired) electrons. The van der Waals surface area contributed by atoms with Gasteiger partial charge in [-0.1, -0.05) is 194 Å². The van der Waals surface area contributed by atoms with Crippen molar-refractivity contribution in [3.8, 4) is 0 Å². The molecule has 0 aliphatic rings. The maximum atomic E-state index is 12.8. The van der Waals surface area contributed by atoms with E-state index in [0.29, 0.717) is 19.3 Å². The average Bonchev–Trinajstić information content (AvgIpc) is 3.28. The molecule has 6 heteroatoms. The zero-order valence-corrected chi connectivity index (χ0v) is 40.5. The van der Waals surface area contributed by atoms with Gasteiger partial charge >= 0.3 is 17.9 Å². The summed E-state index contributed by atoms with van der Waals surface area (Å²) >= 11 is 0. The Morgan fingerprint density at radius 3 is 1.03 bits per heavy atom. The Labute approximate surface area is 387 Å². The van der Waals surface area contributed by atoms with Gasteiger partial charge in [-0.3, -0.25) is 14.4 Å². The van der Waals surface area contributed by atoms with Crippen LogP contribution in [0.15, 0.2) is 109 Å². The van der Waals surface area contributed by atoms with E-state index >= 15 is 0 Å². The molecule has 0 rings (SSSR count). The van der Waals surface area contributed by atoms with Gasteiger partial charge in [0, 0.05) is 19.3 Å². The summed E-state index contributed by atoms with van der Waals surface area (Å²) in [5, 5.41) is 0. The molecule has 0 saturated heterocycles.